The predicted octanol–water partition coefficient (Wildman–Crippen LogP) is 4.20. The van der Waals surface area contributed by atoms with Crippen molar-refractivity contribution in [2.45, 2.75) is 0 Å². The van der Waals surface area contributed by atoms with E-state index in [1.54, 1.807) is 0 Å². The lowest BCUT2D eigenvalue weighted by atomic mass is 9.92. The summed E-state index contributed by atoms with van der Waals surface area (Å²) in [7, 11) is 0. The minimum absolute atomic E-state index is 0.754. The third-order valence-corrected chi connectivity index (χ3v) is 3.62. The first-order chi connectivity index (χ1) is 8.88. The highest BCUT2D eigenvalue weighted by atomic mass is 16.1. The van der Waals surface area contributed by atoms with Gasteiger partial charge in [0, 0.05) is 5.56 Å². The zero-order valence-electron chi connectivity index (χ0n) is 9.60. The maximum absolute atomic E-state index is 11.1. The van der Waals surface area contributed by atoms with Gasteiger partial charge in [0.25, 0.3) is 0 Å². The molecule has 0 amide bonds. The van der Waals surface area contributed by atoms with E-state index in [-0.39, 0.29) is 0 Å². The SMILES string of the molecule is O=Cc1ccc2ccc3c[c]cc4ccc1c2c34. The van der Waals surface area contributed by atoms with Crippen LogP contribution in [0.5, 0.6) is 0 Å². The van der Waals surface area contributed by atoms with Crippen molar-refractivity contribution in [3.8, 4) is 0 Å². The van der Waals surface area contributed by atoms with E-state index in [0.717, 1.165) is 17.2 Å². The van der Waals surface area contributed by atoms with Crippen molar-refractivity contribution in [1.29, 1.82) is 0 Å². The molecule has 0 fully saturated rings. The number of aldehydes is 1. The second-order valence-electron chi connectivity index (χ2n) is 4.56. The fourth-order valence-electron chi connectivity index (χ4n) is 2.79. The summed E-state index contributed by atoms with van der Waals surface area (Å²) in [5.74, 6) is 0. The highest BCUT2D eigenvalue weighted by Crippen LogP contribution is 2.35. The molecule has 1 nitrogen and oxygen atoms in total. The first-order valence-electron chi connectivity index (χ1n) is 5.91. The van der Waals surface area contributed by atoms with Crippen LogP contribution in [0.2, 0.25) is 0 Å². The lowest BCUT2D eigenvalue weighted by Crippen LogP contribution is -1.88. The van der Waals surface area contributed by atoms with Gasteiger partial charge in [0.05, 0.1) is 0 Å². The van der Waals surface area contributed by atoms with Gasteiger partial charge in [0.15, 0.2) is 6.29 Å². The van der Waals surface area contributed by atoms with Crippen LogP contribution < -0.4 is 0 Å². The second-order valence-corrected chi connectivity index (χ2v) is 4.56. The summed E-state index contributed by atoms with van der Waals surface area (Å²) in [4.78, 5) is 11.1. The average Bonchev–Trinajstić information content (AvgIpc) is 2.44. The lowest BCUT2D eigenvalue weighted by molar-refractivity contribution is 0.112. The fourth-order valence-corrected chi connectivity index (χ4v) is 2.79. The molecule has 4 rings (SSSR count). The predicted molar refractivity (Wildman–Crippen MR) is 74.4 cm³/mol. The Morgan fingerprint density at radius 1 is 0.778 bits per heavy atom. The zero-order chi connectivity index (χ0) is 12.1. The molecule has 1 radical (unpaired) electrons. The normalized spacial score (nSPS) is 11.6. The van der Waals surface area contributed by atoms with Gasteiger partial charge in [-0.2, -0.15) is 0 Å². The maximum Gasteiger partial charge on any atom is 0.150 e. The van der Waals surface area contributed by atoms with Crippen LogP contribution in [-0.4, -0.2) is 6.29 Å². The number of benzene rings is 4. The molecule has 83 valence electrons. The van der Waals surface area contributed by atoms with Crippen molar-refractivity contribution >= 4 is 38.6 Å². The van der Waals surface area contributed by atoms with Gasteiger partial charge in [0.1, 0.15) is 0 Å². The Morgan fingerprint density at radius 3 is 2.22 bits per heavy atom. The maximum atomic E-state index is 11.1. The number of carbonyl (C=O) groups is 1. The number of hydrogen-bond acceptors (Lipinski definition) is 1. The van der Waals surface area contributed by atoms with Crippen LogP contribution in [0.3, 0.4) is 0 Å². The van der Waals surface area contributed by atoms with Gasteiger partial charge in [-0.1, -0.05) is 36.4 Å². The number of rotatable bonds is 1. The van der Waals surface area contributed by atoms with Crippen molar-refractivity contribution in [2.24, 2.45) is 0 Å². The topological polar surface area (TPSA) is 17.1 Å². The molecular weight excluding hydrogens is 220 g/mol. The molecule has 4 aromatic rings. The van der Waals surface area contributed by atoms with Crippen LogP contribution in [0.1, 0.15) is 10.4 Å². The Hall–Kier alpha value is -2.41. The van der Waals surface area contributed by atoms with Crippen LogP contribution in [0.25, 0.3) is 32.3 Å². The molecule has 0 N–H and O–H groups in total. The quantitative estimate of drug-likeness (QED) is 0.353. The molecule has 18 heavy (non-hydrogen) atoms. The molecule has 0 saturated carbocycles. The van der Waals surface area contributed by atoms with Gasteiger partial charge in [-0.15, -0.1) is 0 Å². The van der Waals surface area contributed by atoms with Crippen molar-refractivity contribution in [3.05, 3.63) is 60.2 Å². The lowest BCUT2D eigenvalue weighted by Gasteiger charge is -2.11. The molecule has 0 bridgehead atoms. The smallest absolute Gasteiger partial charge is 0.150 e. The summed E-state index contributed by atoms with van der Waals surface area (Å²) in [5, 5.41) is 6.98. The molecule has 0 aliphatic rings. The van der Waals surface area contributed by atoms with Gasteiger partial charge in [-0.05, 0) is 50.5 Å². The summed E-state index contributed by atoms with van der Waals surface area (Å²) in [6.45, 7) is 0. The molecule has 1 heteroatoms. The van der Waals surface area contributed by atoms with E-state index in [2.05, 4.69) is 24.3 Å². The van der Waals surface area contributed by atoms with Crippen LogP contribution >= 0.6 is 0 Å². The van der Waals surface area contributed by atoms with E-state index in [1.807, 2.05) is 30.3 Å². The second kappa shape index (κ2) is 3.30. The van der Waals surface area contributed by atoms with Crippen molar-refractivity contribution in [2.75, 3.05) is 0 Å². The third-order valence-electron chi connectivity index (χ3n) is 3.62. The molecular formula is C17H9O. The largest absolute Gasteiger partial charge is 0.298 e. The standard InChI is InChI=1S/C17H9O/c18-10-14-7-6-13-5-4-11-2-1-3-12-8-9-15(14)17(13)16(11)12/h2-10H. The molecule has 4 aromatic carbocycles. The minimum atomic E-state index is 0.754. The summed E-state index contributed by atoms with van der Waals surface area (Å²) in [5.41, 5.74) is 0.754. The monoisotopic (exact) mass is 229 g/mol. The Morgan fingerprint density at radius 2 is 1.44 bits per heavy atom. The van der Waals surface area contributed by atoms with Gasteiger partial charge >= 0.3 is 0 Å². The highest BCUT2D eigenvalue weighted by molar-refractivity contribution is 6.25. The van der Waals surface area contributed by atoms with E-state index in [4.69, 9.17) is 0 Å². The zero-order valence-corrected chi connectivity index (χ0v) is 9.60. The van der Waals surface area contributed by atoms with Gasteiger partial charge in [0.2, 0.25) is 0 Å². The van der Waals surface area contributed by atoms with Crippen LogP contribution in [0.15, 0.2) is 48.5 Å². The Balaban J connectivity index is 2.43. The van der Waals surface area contributed by atoms with E-state index in [0.29, 0.717) is 0 Å². The van der Waals surface area contributed by atoms with Gasteiger partial charge in [-0.3, -0.25) is 4.79 Å². The molecule has 0 atom stereocenters. The number of carbonyl (C=O) groups excluding carboxylic acids is 1. The van der Waals surface area contributed by atoms with Gasteiger partial charge < -0.3 is 0 Å². The summed E-state index contributed by atoms with van der Waals surface area (Å²) < 4.78 is 0. The number of hydrogen-bond donors (Lipinski definition) is 0. The first-order valence-corrected chi connectivity index (χ1v) is 5.91. The average molecular weight is 229 g/mol. The molecule has 0 aliphatic heterocycles. The van der Waals surface area contributed by atoms with Crippen LogP contribution in [0.4, 0.5) is 0 Å². The third kappa shape index (κ3) is 1.08. The van der Waals surface area contributed by atoms with Crippen molar-refractivity contribution < 1.29 is 4.79 Å². The minimum Gasteiger partial charge on any atom is -0.298 e. The fraction of sp³-hybridized carbons (Fsp3) is 0. The van der Waals surface area contributed by atoms with Crippen molar-refractivity contribution in [3.63, 3.8) is 0 Å². The molecule has 0 spiro atoms. The molecule has 0 unspecified atom stereocenters. The van der Waals surface area contributed by atoms with E-state index in [9.17, 15) is 4.79 Å². The van der Waals surface area contributed by atoms with Crippen molar-refractivity contribution in [1.82, 2.24) is 0 Å². The van der Waals surface area contributed by atoms with Crippen LogP contribution in [-0.2, 0) is 0 Å². The van der Waals surface area contributed by atoms with Crippen LogP contribution in [0, 0.1) is 6.07 Å². The summed E-state index contributed by atoms with van der Waals surface area (Å²) in [6, 6.07) is 19.4. The van der Waals surface area contributed by atoms with E-state index >= 15 is 0 Å². The Labute approximate surface area is 104 Å². The molecule has 0 saturated heterocycles. The Kier molecular flexibility index (Phi) is 1.76. The molecule has 0 aliphatic carbocycles. The Bertz CT molecular complexity index is 874. The first kappa shape index (κ1) is 9.60. The van der Waals surface area contributed by atoms with E-state index < -0.39 is 0 Å². The summed E-state index contributed by atoms with van der Waals surface area (Å²) >= 11 is 0. The van der Waals surface area contributed by atoms with E-state index in [1.165, 1.54) is 26.9 Å². The van der Waals surface area contributed by atoms with Gasteiger partial charge in [-0.25, -0.2) is 0 Å². The summed E-state index contributed by atoms with van der Waals surface area (Å²) in [6.07, 6.45) is 0.929. The highest BCUT2D eigenvalue weighted by Gasteiger charge is 2.09. The molecule has 0 heterocycles. The molecule has 0 aromatic heterocycles.